The van der Waals surface area contributed by atoms with Crippen LogP contribution in [0.3, 0.4) is 0 Å². The number of carbonyl (C=O) groups excluding carboxylic acids is 2. The number of aromatic nitrogens is 1. The van der Waals surface area contributed by atoms with Crippen LogP contribution in [-0.2, 0) is 9.53 Å². The molecule has 0 unspecified atom stereocenters. The van der Waals surface area contributed by atoms with Crippen molar-refractivity contribution < 1.29 is 19.2 Å². The standard InChI is InChI=1S/C26H25N3O5S2/c1-17-15-19(16-24-25(30)27(26(31)36-24)13-4-14-34-3)18(2)28(17)20-5-9-22(10-6-20)35-23-11-7-21(8-12-23)29(32)33/h5-12,15-16H,4,13-14H2,1-3H3/b24-16+. The molecular formula is C26H25N3O5S2. The van der Waals surface area contributed by atoms with Gasteiger partial charge in [-0.05, 0) is 86.1 Å². The molecule has 36 heavy (non-hydrogen) atoms. The molecule has 0 N–H and O–H groups in total. The Morgan fingerprint density at radius 3 is 2.31 bits per heavy atom. The molecule has 0 spiro atoms. The van der Waals surface area contributed by atoms with E-state index in [1.54, 1.807) is 25.3 Å². The summed E-state index contributed by atoms with van der Waals surface area (Å²) in [4.78, 5) is 39.1. The quantitative estimate of drug-likeness (QED) is 0.142. The van der Waals surface area contributed by atoms with E-state index >= 15 is 0 Å². The van der Waals surface area contributed by atoms with Crippen molar-refractivity contribution in [1.29, 1.82) is 0 Å². The maximum Gasteiger partial charge on any atom is 0.293 e. The summed E-state index contributed by atoms with van der Waals surface area (Å²) >= 11 is 2.50. The number of benzene rings is 2. The van der Waals surface area contributed by atoms with E-state index in [1.165, 1.54) is 28.8 Å². The number of hydrogen-bond acceptors (Lipinski definition) is 7. The van der Waals surface area contributed by atoms with E-state index in [9.17, 15) is 19.7 Å². The summed E-state index contributed by atoms with van der Waals surface area (Å²) in [6.07, 6.45) is 2.40. The van der Waals surface area contributed by atoms with Crippen molar-refractivity contribution in [3.05, 3.63) is 86.6 Å². The first kappa shape index (κ1) is 25.7. The minimum atomic E-state index is -0.409. The number of methoxy groups -OCH3 is 1. The van der Waals surface area contributed by atoms with Crippen LogP contribution in [0, 0.1) is 24.0 Å². The van der Waals surface area contributed by atoms with E-state index in [1.807, 2.05) is 44.2 Å². The Hall–Kier alpha value is -3.34. The van der Waals surface area contributed by atoms with E-state index in [2.05, 4.69) is 4.57 Å². The predicted molar refractivity (Wildman–Crippen MR) is 142 cm³/mol. The average Bonchev–Trinajstić information content (AvgIpc) is 3.29. The van der Waals surface area contributed by atoms with E-state index < -0.39 is 4.92 Å². The van der Waals surface area contributed by atoms with Crippen molar-refractivity contribution in [2.24, 2.45) is 0 Å². The van der Waals surface area contributed by atoms with Crippen LogP contribution in [0.2, 0.25) is 0 Å². The monoisotopic (exact) mass is 523 g/mol. The number of imide groups is 1. The van der Waals surface area contributed by atoms with Gasteiger partial charge in [-0.3, -0.25) is 24.6 Å². The van der Waals surface area contributed by atoms with Crippen LogP contribution in [0.5, 0.6) is 0 Å². The van der Waals surface area contributed by atoms with Crippen molar-refractivity contribution in [1.82, 2.24) is 9.47 Å². The molecule has 8 nitrogen and oxygen atoms in total. The first-order valence-electron chi connectivity index (χ1n) is 11.2. The van der Waals surface area contributed by atoms with Gasteiger partial charge in [0.2, 0.25) is 0 Å². The normalized spacial score (nSPS) is 14.8. The number of thioether (sulfide) groups is 1. The smallest absolute Gasteiger partial charge is 0.293 e. The first-order chi connectivity index (χ1) is 17.3. The van der Waals surface area contributed by atoms with Gasteiger partial charge in [-0.2, -0.15) is 0 Å². The Morgan fingerprint density at radius 2 is 1.69 bits per heavy atom. The molecule has 0 aliphatic carbocycles. The number of non-ortho nitro benzene ring substituents is 1. The molecule has 186 valence electrons. The van der Waals surface area contributed by atoms with Gasteiger partial charge >= 0.3 is 0 Å². The zero-order valence-corrected chi connectivity index (χ0v) is 21.7. The largest absolute Gasteiger partial charge is 0.385 e. The SMILES string of the molecule is COCCCN1C(=O)S/C(=C/c2cc(C)n(-c3ccc(Sc4ccc([N+](=O)[O-])cc4)cc3)c2C)C1=O. The number of amides is 2. The summed E-state index contributed by atoms with van der Waals surface area (Å²) in [5.41, 5.74) is 3.91. The van der Waals surface area contributed by atoms with E-state index in [-0.39, 0.29) is 16.8 Å². The van der Waals surface area contributed by atoms with Gasteiger partial charge in [-0.25, -0.2) is 0 Å². The summed E-state index contributed by atoms with van der Waals surface area (Å²) in [6, 6.07) is 16.5. The fraction of sp³-hybridized carbons (Fsp3) is 0.231. The molecule has 1 saturated heterocycles. The van der Waals surface area contributed by atoms with Crippen LogP contribution in [0.4, 0.5) is 10.5 Å². The van der Waals surface area contributed by atoms with Crippen LogP contribution in [-0.4, -0.2) is 45.8 Å². The Balaban J connectivity index is 1.51. The second-order valence-electron chi connectivity index (χ2n) is 8.19. The zero-order valence-electron chi connectivity index (χ0n) is 20.1. The molecule has 1 aliphatic heterocycles. The zero-order chi connectivity index (χ0) is 25.8. The van der Waals surface area contributed by atoms with Gasteiger partial charge in [0.25, 0.3) is 16.8 Å². The van der Waals surface area contributed by atoms with Crippen molar-refractivity contribution in [3.63, 3.8) is 0 Å². The molecule has 2 aromatic carbocycles. The Kier molecular flexibility index (Phi) is 7.97. The Morgan fingerprint density at radius 1 is 1.06 bits per heavy atom. The molecule has 0 radical (unpaired) electrons. The van der Waals surface area contributed by atoms with Crippen molar-refractivity contribution in [2.45, 2.75) is 30.1 Å². The number of nitrogens with zero attached hydrogens (tertiary/aromatic N) is 3. The summed E-state index contributed by atoms with van der Waals surface area (Å²) in [7, 11) is 1.59. The lowest BCUT2D eigenvalue weighted by Crippen LogP contribution is -2.29. The third kappa shape index (κ3) is 5.56. The Bertz CT molecular complexity index is 1330. The molecule has 2 heterocycles. The number of nitro groups is 1. The molecular weight excluding hydrogens is 498 g/mol. The van der Waals surface area contributed by atoms with Crippen LogP contribution in [0.15, 0.2) is 69.3 Å². The first-order valence-corrected chi connectivity index (χ1v) is 12.9. The number of nitro benzene ring substituents is 1. The fourth-order valence-electron chi connectivity index (χ4n) is 3.97. The lowest BCUT2D eigenvalue weighted by molar-refractivity contribution is -0.384. The van der Waals surface area contributed by atoms with Crippen molar-refractivity contribution >= 4 is 46.4 Å². The van der Waals surface area contributed by atoms with E-state index in [4.69, 9.17) is 4.74 Å². The number of hydrogen-bond donors (Lipinski definition) is 0. The van der Waals surface area contributed by atoms with E-state index in [0.29, 0.717) is 24.5 Å². The van der Waals surface area contributed by atoms with Gasteiger partial charge in [0.1, 0.15) is 0 Å². The highest BCUT2D eigenvalue weighted by Crippen LogP contribution is 2.34. The van der Waals surface area contributed by atoms with Gasteiger partial charge in [-0.1, -0.05) is 11.8 Å². The highest BCUT2D eigenvalue weighted by molar-refractivity contribution is 8.18. The molecule has 1 fully saturated rings. The van der Waals surface area contributed by atoms with Gasteiger partial charge < -0.3 is 9.30 Å². The second-order valence-corrected chi connectivity index (χ2v) is 10.3. The number of aryl methyl sites for hydroxylation is 1. The number of carbonyl (C=O) groups is 2. The molecule has 0 atom stereocenters. The predicted octanol–water partition coefficient (Wildman–Crippen LogP) is 6.23. The van der Waals surface area contributed by atoms with Gasteiger partial charge in [0.15, 0.2) is 0 Å². The fourth-order valence-corrected chi connectivity index (χ4v) is 5.64. The molecule has 1 aromatic heterocycles. The second kappa shape index (κ2) is 11.2. The third-order valence-corrected chi connectivity index (χ3v) is 7.66. The lowest BCUT2D eigenvalue weighted by atomic mass is 10.2. The van der Waals surface area contributed by atoms with Gasteiger partial charge in [0, 0.05) is 59.3 Å². The highest BCUT2D eigenvalue weighted by Gasteiger charge is 2.34. The van der Waals surface area contributed by atoms with Gasteiger partial charge in [-0.15, -0.1) is 0 Å². The molecule has 4 rings (SSSR count). The van der Waals surface area contributed by atoms with Crippen molar-refractivity contribution in [3.8, 4) is 5.69 Å². The topological polar surface area (TPSA) is 94.7 Å². The minimum absolute atomic E-state index is 0.0694. The van der Waals surface area contributed by atoms with Crippen LogP contribution >= 0.6 is 23.5 Å². The molecule has 3 aromatic rings. The van der Waals surface area contributed by atoms with Gasteiger partial charge in [0.05, 0.1) is 9.83 Å². The molecule has 10 heteroatoms. The third-order valence-electron chi connectivity index (χ3n) is 5.74. The summed E-state index contributed by atoms with van der Waals surface area (Å²) in [6.45, 7) is 4.83. The molecule has 1 aliphatic rings. The molecule has 2 amide bonds. The summed E-state index contributed by atoms with van der Waals surface area (Å²) in [5.74, 6) is -0.265. The van der Waals surface area contributed by atoms with Crippen molar-refractivity contribution in [2.75, 3.05) is 20.3 Å². The summed E-state index contributed by atoms with van der Waals surface area (Å²) in [5, 5.41) is 10.6. The lowest BCUT2D eigenvalue weighted by Gasteiger charge is -2.11. The molecule has 0 bridgehead atoms. The Labute approximate surface area is 217 Å². The number of ether oxygens (including phenoxy) is 1. The van der Waals surface area contributed by atoms with E-state index in [0.717, 1.165) is 44.2 Å². The highest BCUT2D eigenvalue weighted by atomic mass is 32.2. The van der Waals surface area contributed by atoms with Crippen LogP contribution in [0.1, 0.15) is 23.4 Å². The average molecular weight is 524 g/mol. The maximum absolute atomic E-state index is 12.8. The maximum atomic E-state index is 12.8. The summed E-state index contributed by atoms with van der Waals surface area (Å²) < 4.78 is 7.13. The van der Waals surface area contributed by atoms with Crippen LogP contribution in [0.25, 0.3) is 11.8 Å². The minimum Gasteiger partial charge on any atom is -0.385 e. The van der Waals surface area contributed by atoms with Crippen LogP contribution < -0.4 is 0 Å². The number of rotatable bonds is 9. The molecule has 0 saturated carbocycles.